The fraction of sp³-hybridized carbons (Fsp3) is 0.533. The zero-order chi connectivity index (χ0) is 14.8. The largest absolute Gasteiger partial charge is 0.283 e. The van der Waals surface area contributed by atoms with Gasteiger partial charge in [-0.15, -0.1) is 0 Å². The molecule has 0 heterocycles. The van der Waals surface area contributed by atoms with Crippen LogP contribution in [0.1, 0.15) is 38.2 Å². The van der Waals surface area contributed by atoms with Crippen molar-refractivity contribution in [2.45, 2.75) is 39.0 Å². The maximum Gasteiger partial charge on any atom is 0.283 e. The predicted molar refractivity (Wildman–Crippen MR) is 80.2 cm³/mol. The molecule has 1 aromatic rings. The maximum absolute atomic E-state index is 11.0. The molecule has 1 aliphatic rings. The molecule has 1 fully saturated rings. The third-order valence-electron chi connectivity index (χ3n) is 4.11. The van der Waals surface area contributed by atoms with Gasteiger partial charge in [0.25, 0.3) is 5.69 Å². The highest BCUT2D eigenvalue weighted by atomic mass is 79.9. The molecule has 0 N–H and O–H groups in total. The lowest BCUT2D eigenvalue weighted by molar-refractivity contribution is -0.385. The second-order valence-corrected chi connectivity index (χ2v) is 6.57. The molecular weight excluding hydrogens is 320 g/mol. The van der Waals surface area contributed by atoms with Crippen LogP contribution in [0.5, 0.6) is 0 Å². The summed E-state index contributed by atoms with van der Waals surface area (Å²) in [5.41, 5.74) is 0.546. The Morgan fingerprint density at radius 1 is 1.60 bits per heavy atom. The zero-order valence-corrected chi connectivity index (χ0v) is 13.0. The summed E-state index contributed by atoms with van der Waals surface area (Å²) in [5.74, 6) is 0.542. The van der Waals surface area contributed by atoms with Gasteiger partial charge in [-0.2, -0.15) is 5.26 Å². The van der Waals surface area contributed by atoms with Gasteiger partial charge < -0.3 is 0 Å². The second-order valence-electron chi connectivity index (χ2n) is 5.78. The Balaban J connectivity index is 2.31. The van der Waals surface area contributed by atoms with E-state index in [0.29, 0.717) is 16.8 Å². The summed E-state index contributed by atoms with van der Waals surface area (Å²) in [4.78, 5) is 10.6. The Bertz CT molecular complexity index is 567. The van der Waals surface area contributed by atoms with E-state index >= 15 is 0 Å². The first-order valence-corrected chi connectivity index (χ1v) is 7.60. The first-order valence-electron chi connectivity index (χ1n) is 6.80. The lowest BCUT2D eigenvalue weighted by atomic mass is 9.68. The summed E-state index contributed by atoms with van der Waals surface area (Å²) in [5, 5.41) is 20.6. The van der Waals surface area contributed by atoms with Crippen molar-refractivity contribution >= 4 is 21.6 Å². The molecule has 106 valence electrons. The Morgan fingerprint density at radius 3 is 2.95 bits per heavy atom. The average Bonchev–Trinajstić information content (AvgIpc) is 2.41. The van der Waals surface area contributed by atoms with Gasteiger partial charge >= 0.3 is 0 Å². The second kappa shape index (κ2) is 5.92. The Morgan fingerprint density at radius 2 is 2.35 bits per heavy atom. The lowest BCUT2D eigenvalue weighted by Crippen LogP contribution is -2.28. The quantitative estimate of drug-likeness (QED) is 0.597. The van der Waals surface area contributed by atoms with Crippen molar-refractivity contribution < 1.29 is 4.92 Å². The van der Waals surface area contributed by atoms with Crippen molar-refractivity contribution in [2.24, 2.45) is 11.3 Å². The molecule has 1 aliphatic carbocycles. The van der Waals surface area contributed by atoms with Crippen molar-refractivity contribution in [1.82, 2.24) is 0 Å². The fourth-order valence-electron chi connectivity index (χ4n) is 3.17. The summed E-state index contributed by atoms with van der Waals surface area (Å²) in [6.07, 6.45) is 4.55. The molecule has 0 aromatic heterocycles. The normalized spacial score (nSPS) is 25.9. The summed E-state index contributed by atoms with van der Waals surface area (Å²) in [7, 11) is 0. The molecule has 5 heteroatoms. The Hall–Kier alpha value is -1.41. The summed E-state index contributed by atoms with van der Waals surface area (Å²) < 4.78 is 0.512. The Labute approximate surface area is 127 Å². The highest BCUT2D eigenvalue weighted by Crippen LogP contribution is 2.43. The number of nitrogens with zero attached hydrogens (tertiary/aromatic N) is 2. The van der Waals surface area contributed by atoms with Gasteiger partial charge in [0.2, 0.25) is 0 Å². The number of nitriles is 1. The minimum Gasteiger partial charge on any atom is -0.258 e. The molecule has 2 unspecified atom stereocenters. The molecule has 0 spiro atoms. The summed E-state index contributed by atoms with van der Waals surface area (Å²) in [6, 6.07) is 7.52. The van der Waals surface area contributed by atoms with Gasteiger partial charge in [-0.25, -0.2) is 0 Å². The number of halogens is 1. The molecule has 2 atom stereocenters. The summed E-state index contributed by atoms with van der Waals surface area (Å²) >= 11 is 3.33. The van der Waals surface area contributed by atoms with Gasteiger partial charge in [-0.05, 0) is 46.7 Å². The third kappa shape index (κ3) is 3.01. The topological polar surface area (TPSA) is 66.9 Å². The van der Waals surface area contributed by atoms with Crippen molar-refractivity contribution in [3.63, 3.8) is 0 Å². The number of rotatable bonds is 3. The first kappa shape index (κ1) is 15.0. The van der Waals surface area contributed by atoms with Crippen molar-refractivity contribution in [3.05, 3.63) is 38.3 Å². The molecule has 0 aliphatic heterocycles. The van der Waals surface area contributed by atoms with Gasteiger partial charge in [0, 0.05) is 6.07 Å². The van der Waals surface area contributed by atoms with Crippen LogP contribution in [0.25, 0.3) is 0 Å². The first-order chi connectivity index (χ1) is 9.47. The number of benzene rings is 1. The van der Waals surface area contributed by atoms with E-state index in [2.05, 4.69) is 28.9 Å². The van der Waals surface area contributed by atoms with Crippen LogP contribution in [0.15, 0.2) is 22.7 Å². The van der Waals surface area contributed by atoms with E-state index in [0.717, 1.165) is 24.8 Å². The number of hydrogen-bond donors (Lipinski definition) is 0. The minimum absolute atomic E-state index is 0.0689. The van der Waals surface area contributed by atoms with E-state index in [1.165, 1.54) is 12.5 Å². The highest BCUT2D eigenvalue weighted by Gasteiger charge is 2.36. The van der Waals surface area contributed by atoms with Crippen molar-refractivity contribution in [2.75, 3.05) is 0 Å². The van der Waals surface area contributed by atoms with Crippen LogP contribution in [0.2, 0.25) is 0 Å². The molecule has 20 heavy (non-hydrogen) atoms. The number of nitro groups is 1. The minimum atomic E-state index is -0.393. The van der Waals surface area contributed by atoms with E-state index in [9.17, 15) is 15.4 Å². The average molecular weight is 337 g/mol. The molecule has 0 radical (unpaired) electrons. The predicted octanol–water partition coefficient (Wildman–Crippen LogP) is 4.62. The Kier molecular flexibility index (Phi) is 4.44. The van der Waals surface area contributed by atoms with Crippen LogP contribution >= 0.6 is 15.9 Å². The molecule has 0 amide bonds. The molecule has 1 aromatic carbocycles. The molecule has 1 saturated carbocycles. The fourth-order valence-corrected chi connectivity index (χ4v) is 3.72. The van der Waals surface area contributed by atoms with Crippen molar-refractivity contribution in [3.8, 4) is 6.07 Å². The van der Waals surface area contributed by atoms with Gasteiger partial charge in [0.1, 0.15) is 0 Å². The van der Waals surface area contributed by atoms with E-state index in [1.807, 2.05) is 6.07 Å². The van der Waals surface area contributed by atoms with Crippen molar-refractivity contribution in [1.29, 1.82) is 5.26 Å². The van der Waals surface area contributed by atoms with Gasteiger partial charge in [-0.3, -0.25) is 10.1 Å². The standard InChI is InChI=1S/C15H17BrN2O2/c1-11-4-3-7-15(8-11,10-17)9-12-5-2-6-13(14(12)16)18(19)20/h2,5-6,11H,3-4,7-9H2,1H3. The van der Waals surface area contributed by atoms with E-state index in [-0.39, 0.29) is 11.1 Å². The zero-order valence-electron chi connectivity index (χ0n) is 11.4. The molecule has 4 nitrogen and oxygen atoms in total. The van der Waals surface area contributed by atoms with E-state index < -0.39 is 4.92 Å². The van der Waals surface area contributed by atoms with E-state index in [4.69, 9.17) is 0 Å². The lowest BCUT2D eigenvalue weighted by Gasteiger charge is -2.34. The SMILES string of the molecule is CC1CCCC(C#N)(Cc2cccc([N+](=O)[O-])c2Br)C1. The highest BCUT2D eigenvalue weighted by molar-refractivity contribution is 9.10. The number of nitro benzene ring substituents is 1. The van der Waals surface area contributed by atoms with Gasteiger partial charge in [-0.1, -0.05) is 31.9 Å². The smallest absolute Gasteiger partial charge is 0.258 e. The van der Waals surface area contributed by atoms with E-state index in [1.54, 1.807) is 6.07 Å². The van der Waals surface area contributed by atoms with Crippen LogP contribution in [-0.4, -0.2) is 4.92 Å². The van der Waals surface area contributed by atoms with Gasteiger partial charge in [0.05, 0.1) is 20.9 Å². The summed E-state index contributed by atoms with van der Waals surface area (Å²) in [6.45, 7) is 2.17. The van der Waals surface area contributed by atoms with Crippen LogP contribution < -0.4 is 0 Å². The monoisotopic (exact) mass is 336 g/mol. The van der Waals surface area contributed by atoms with Crippen LogP contribution in [-0.2, 0) is 6.42 Å². The molecular formula is C15H17BrN2O2. The van der Waals surface area contributed by atoms with Gasteiger partial charge in [0.15, 0.2) is 0 Å². The van der Waals surface area contributed by atoms with Crippen LogP contribution in [0.3, 0.4) is 0 Å². The van der Waals surface area contributed by atoms with Crippen LogP contribution in [0, 0.1) is 32.8 Å². The molecule has 0 saturated heterocycles. The maximum atomic E-state index is 11.0. The molecule has 2 rings (SSSR count). The third-order valence-corrected chi connectivity index (χ3v) is 5.03. The van der Waals surface area contributed by atoms with Crippen LogP contribution in [0.4, 0.5) is 5.69 Å². The number of hydrogen-bond acceptors (Lipinski definition) is 3. The molecule has 0 bridgehead atoms.